The third-order valence-corrected chi connectivity index (χ3v) is 21.9. The number of rotatable bonds is 68. The Bertz CT molecular complexity index is 2060. The molecule has 558 valence electrons. The largest absolute Gasteiger partial charge is 0.457 e. The number of aliphatic hydroxyl groups excluding tert-OH is 1. The minimum atomic E-state index is -1.95. The van der Waals surface area contributed by atoms with Gasteiger partial charge in [-0.1, -0.05) is 361 Å². The van der Waals surface area contributed by atoms with Crippen molar-refractivity contribution in [3.05, 3.63) is 146 Å². The van der Waals surface area contributed by atoms with Gasteiger partial charge in [-0.2, -0.15) is 0 Å². The molecule has 97 heavy (non-hydrogen) atoms. The minimum Gasteiger partial charge on any atom is -0.457 e. The summed E-state index contributed by atoms with van der Waals surface area (Å²) in [4.78, 5) is 24.9. The first kappa shape index (κ1) is 94.9. The predicted octanol–water partition coefficient (Wildman–Crippen LogP) is 26.8. The molecule has 1 N–H and O–H groups in total. The van der Waals surface area contributed by atoms with Gasteiger partial charge in [-0.3, -0.25) is 9.59 Å². The van der Waals surface area contributed by atoms with E-state index < -0.39 is 14.4 Å². The number of hydrogen-bond acceptors (Lipinski definition) is 8. The van der Waals surface area contributed by atoms with Crippen molar-refractivity contribution in [3.8, 4) is 0 Å². The number of carbonyl (C=O) groups is 2. The summed E-state index contributed by atoms with van der Waals surface area (Å²) >= 11 is 0. The Balaban J connectivity index is 0. The first-order valence-electron chi connectivity index (χ1n) is 40.0. The summed E-state index contributed by atoms with van der Waals surface area (Å²) in [6, 6.07) is 0. The third-order valence-electron chi connectivity index (χ3n) is 17.4. The Hall–Kier alpha value is -4.12. The molecular weight excluding hydrogens is 1210 g/mol. The van der Waals surface area contributed by atoms with Crippen molar-refractivity contribution >= 4 is 20.3 Å². The van der Waals surface area contributed by atoms with Gasteiger partial charge >= 0.3 is 11.9 Å². The number of unbranched alkanes of at least 4 members (excludes halogenated alkanes) is 26. The molecule has 0 saturated heterocycles. The molecule has 0 heterocycles. The molecule has 0 saturated carbocycles. The second-order valence-corrected chi connectivity index (χ2v) is 32.5. The summed E-state index contributed by atoms with van der Waals surface area (Å²) in [6.07, 6.45) is 103. The van der Waals surface area contributed by atoms with E-state index in [-0.39, 0.29) is 36.3 Å². The second-order valence-electron chi connectivity index (χ2n) is 27.7. The molecule has 2 unspecified atom stereocenters. The van der Waals surface area contributed by atoms with Crippen molar-refractivity contribution in [3.63, 3.8) is 0 Å². The average Bonchev–Trinajstić information content (AvgIpc) is 0.857. The minimum absolute atomic E-state index is 0.104. The Morgan fingerprint density at radius 3 is 0.825 bits per heavy atom. The van der Waals surface area contributed by atoms with Crippen LogP contribution in [-0.2, 0) is 33.0 Å². The lowest BCUT2D eigenvalue weighted by Crippen LogP contribution is -2.44. The van der Waals surface area contributed by atoms with Crippen molar-refractivity contribution in [2.24, 2.45) is 0 Å². The first-order chi connectivity index (χ1) is 47.4. The maximum absolute atomic E-state index is 12.7. The van der Waals surface area contributed by atoms with E-state index >= 15 is 0 Å². The molecule has 0 aliphatic rings. The molecule has 0 amide bonds. The molecule has 0 aromatic rings. The van der Waals surface area contributed by atoms with Crippen molar-refractivity contribution in [2.75, 3.05) is 39.6 Å². The number of carbonyl (C=O) groups excluding carboxylic acids is 2. The fourth-order valence-electron chi connectivity index (χ4n) is 10.2. The van der Waals surface area contributed by atoms with Crippen molar-refractivity contribution in [2.45, 2.75) is 361 Å². The van der Waals surface area contributed by atoms with Gasteiger partial charge < -0.3 is 28.5 Å². The summed E-state index contributed by atoms with van der Waals surface area (Å²) in [5, 5.41) is 9.65. The van der Waals surface area contributed by atoms with Crippen LogP contribution >= 0.6 is 0 Å². The number of hydrogen-bond donors (Lipinski definition) is 1. The Morgan fingerprint density at radius 2 is 0.567 bits per heavy atom. The van der Waals surface area contributed by atoms with Crippen LogP contribution in [0.4, 0.5) is 0 Å². The normalized spacial score (nSPS) is 13.5. The topological polar surface area (TPSA) is 101 Å². The molecule has 9 heteroatoms. The Kier molecular flexibility index (Phi) is 76.0. The van der Waals surface area contributed by atoms with Crippen LogP contribution in [0.15, 0.2) is 146 Å². The number of allylic oxidation sites excluding steroid dienone is 24. The summed E-state index contributed by atoms with van der Waals surface area (Å²) in [5.41, 5.74) is 0. The van der Waals surface area contributed by atoms with E-state index in [1.807, 2.05) is 6.08 Å². The van der Waals surface area contributed by atoms with Gasteiger partial charge in [0.2, 0.25) is 0 Å². The molecule has 8 nitrogen and oxygen atoms in total. The van der Waals surface area contributed by atoms with Gasteiger partial charge in [0.15, 0.2) is 8.32 Å². The van der Waals surface area contributed by atoms with Crippen LogP contribution in [0.1, 0.15) is 331 Å². The van der Waals surface area contributed by atoms with Crippen LogP contribution in [0.25, 0.3) is 0 Å². The van der Waals surface area contributed by atoms with Crippen LogP contribution in [-0.4, -0.2) is 77.2 Å². The van der Waals surface area contributed by atoms with E-state index in [9.17, 15) is 14.7 Å². The van der Waals surface area contributed by atoms with Crippen molar-refractivity contribution < 1.29 is 38.1 Å². The standard InChI is InChI=1S/C47H84O4Si.C41H70O4/c1-8-10-12-14-16-18-20-22-24-25-26-27-28-29-31-33-35-37-39-41-46(48)51-45(44-50-52(6,7)47(3,4)5)43-49-42-40-38-36-34-32-30-23-21-19-17-15-13-11-9-2;1-3-5-7-9-11-13-15-17-19-20-21-22-23-24-26-28-30-32-34-36-41(43)45-40(38-42)39-44-37-35-33-31-29-27-25-18-16-14-12-10-8-6-4-2/h10,12,16,18,22,24,26-27,29,31,35,37,45H,8-9,11,13-15,17,19-21,23,25,28,30,32-34,36,38-44H2,1-7H3;5,7,11,13,17,19,21-22,24,26,30,32,40,42H,3-4,6,8-10,12,14-16,18,20,23,25,27-29,31,33-39H2,1-2H3/b12-10-,18-16-,24-22-,27-26-,31-29-,37-35-;7-5-,13-11-,19-17-,22-21-,26-24-,32-30-. The van der Waals surface area contributed by atoms with Crippen molar-refractivity contribution in [1.29, 1.82) is 0 Å². The summed E-state index contributed by atoms with van der Waals surface area (Å²) in [7, 11) is -1.95. The molecule has 0 bridgehead atoms. The molecule has 0 aliphatic heterocycles. The van der Waals surface area contributed by atoms with Gasteiger partial charge in [-0.05, 0) is 121 Å². The third kappa shape index (κ3) is 75.9. The van der Waals surface area contributed by atoms with E-state index in [0.29, 0.717) is 52.1 Å². The van der Waals surface area contributed by atoms with Gasteiger partial charge in [0.25, 0.3) is 0 Å². The molecule has 0 radical (unpaired) electrons. The lowest BCUT2D eigenvalue weighted by molar-refractivity contribution is -0.155. The number of esters is 2. The molecule has 2 atom stereocenters. The van der Waals surface area contributed by atoms with E-state index in [1.165, 1.54) is 167 Å². The zero-order valence-electron chi connectivity index (χ0n) is 64.7. The number of ether oxygens (including phenoxy) is 4. The highest BCUT2D eigenvalue weighted by molar-refractivity contribution is 6.74. The molecule has 0 aromatic carbocycles. The SMILES string of the molecule is CC/C=C\C/C=C\C/C=C\C/C=C\C/C=C\C/C=C\CCC(=O)OC(CO)COCCCCCCCCCCCCCCCC.CC/C=C\C/C=C\C/C=C\C/C=C\C/C=C\C/C=C\CCC(=O)OC(COCCCCCCCCCCCCCCCC)CO[Si](C)(C)C(C)(C)C. The van der Waals surface area contributed by atoms with Crippen LogP contribution < -0.4 is 0 Å². The first-order valence-corrected chi connectivity index (χ1v) is 42.9. The lowest BCUT2D eigenvalue weighted by Gasteiger charge is -2.37. The van der Waals surface area contributed by atoms with E-state index in [2.05, 4.69) is 201 Å². The van der Waals surface area contributed by atoms with Gasteiger partial charge in [0.05, 0.1) is 26.4 Å². The Labute approximate surface area is 601 Å². The van der Waals surface area contributed by atoms with E-state index in [4.69, 9.17) is 23.4 Å². The molecular formula is C88H154O8Si. The summed E-state index contributed by atoms with van der Waals surface area (Å²) < 4.78 is 29.4. The smallest absolute Gasteiger partial charge is 0.306 e. The van der Waals surface area contributed by atoms with E-state index in [0.717, 1.165) is 89.9 Å². The number of aliphatic hydroxyl groups is 1. The van der Waals surface area contributed by atoms with Gasteiger partial charge in [-0.25, -0.2) is 0 Å². The monoisotopic (exact) mass is 1370 g/mol. The fourth-order valence-corrected chi connectivity index (χ4v) is 11.2. The summed E-state index contributed by atoms with van der Waals surface area (Å²) in [5.74, 6) is -0.461. The highest BCUT2D eigenvalue weighted by Crippen LogP contribution is 2.36. The van der Waals surface area contributed by atoms with Crippen LogP contribution in [0.2, 0.25) is 18.1 Å². The zero-order valence-corrected chi connectivity index (χ0v) is 65.7. The highest BCUT2D eigenvalue weighted by atomic mass is 28.4. The van der Waals surface area contributed by atoms with Gasteiger partial charge in [0.1, 0.15) is 12.2 Å². The van der Waals surface area contributed by atoms with Gasteiger partial charge in [0, 0.05) is 26.1 Å². The highest BCUT2D eigenvalue weighted by Gasteiger charge is 2.38. The fraction of sp³-hybridized carbons (Fsp3) is 0.705. The molecule has 0 aromatic heterocycles. The lowest BCUT2D eigenvalue weighted by atomic mass is 10.0. The predicted molar refractivity (Wildman–Crippen MR) is 427 cm³/mol. The molecule has 0 rings (SSSR count). The maximum atomic E-state index is 12.7. The zero-order chi connectivity index (χ0) is 71.2. The maximum Gasteiger partial charge on any atom is 0.306 e. The quantitative estimate of drug-likeness (QED) is 0.0278. The second kappa shape index (κ2) is 77.6. The van der Waals surface area contributed by atoms with Gasteiger partial charge in [-0.15, -0.1) is 0 Å². The Morgan fingerprint density at radius 1 is 0.330 bits per heavy atom. The van der Waals surface area contributed by atoms with Crippen molar-refractivity contribution in [1.82, 2.24) is 0 Å². The van der Waals surface area contributed by atoms with Crippen LogP contribution in [0, 0.1) is 0 Å². The average molecular weight is 1370 g/mol. The van der Waals surface area contributed by atoms with Crippen LogP contribution in [0.5, 0.6) is 0 Å². The molecule has 0 spiro atoms. The summed E-state index contributed by atoms with van der Waals surface area (Å²) in [6.45, 7) is 22.3. The molecule has 0 fully saturated rings. The van der Waals surface area contributed by atoms with Crippen LogP contribution in [0.3, 0.4) is 0 Å². The molecule has 0 aliphatic carbocycles. The van der Waals surface area contributed by atoms with E-state index in [1.54, 1.807) is 0 Å².